The van der Waals surface area contributed by atoms with Gasteiger partial charge in [0.1, 0.15) is 35.0 Å². The predicted octanol–water partition coefficient (Wildman–Crippen LogP) is 16.7. The summed E-state index contributed by atoms with van der Waals surface area (Å²) >= 11 is 0. The van der Waals surface area contributed by atoms with E-state index in [9.17, 15) is 0 Å². The molecule has 1 aliphatic rings. The normalized spacial score (nSPS) is 13.0. The number of hydrogen-bond donors (Lipinski definition) is 0. The number of furan rings is 1. The minimum absolute atomic E-state index is 0.157. The molecule has 0 aliphatic carbocycles. The first-order valence-electron chi connectivity index (χ1n) is 23.1. The Kier molecular flexibility index (Phi) is 8.65. The lowest BCUT2D eigenvalue weighted by Crippen LogP contribution is -2.25. The number of benzene rings is 9. The predicted molar refractivity (Wildman–Crippen MR) is 278 cm³/mol. The molecule has 67 heavy (non-hydrogen) atoms. The zero-order chi connectivity index (χ0) is 45.0. The van der Waals surface area contributed by atoms with Gasteiger partial charge in [-0.25, -0.2) is 4.98 Å². The first kappa shape index (κ1) is 39.1. The lowest BCUT2D eigenvalue weighted by atomic mass is 9.86. The van der Waals surface area contributed by atoms with E-state index < -0.39 is 0 Å². The molecule has 0 unspecified atom stereocenters. The molecule has 0 bridgehead atoms. The number of fused-ring (bicyclic) bond motifs is 12. The Balaban J connectivity index is 0.962. The first-order chi connectivity index (χ1) is 32.7. The van der Waals surface area contributed by atoms with E-state index >= 15 is 0 Å². The molecule has 6 nitrogen and oxygen atoms in total. The first-order valence-corrected chi connectivity index (χ1v) is 23.1. The molecule has 4 heterocycles. The molecule has 0 amide bonds. The third-order valence-corrected chi connectivity index (χ3v) is 13.6. The van der Waals surface area contributed by atoms with Crippen LogP contribution in [0.3, 0.4) is 0 Å². The zero-order valence-corrected chi connectivity index (χ0v) is 37.8. The molecule has 0 N–H and O–H groups in total. The van der Waals surface area contributed by atoms with Gasteiger partial charge in [-0.3, -0.25) is 4.40 Å². The van der Waals surface area contributed by atoms with Crippen molar-refractivity contribution in [3.63, 3.8) is 0 Å². The summed E-state index contributed by atoms with van der Waals surface area (Å²) in [6.45, 7) is 9.60. The van der Waals surface area contributed by atoms with Crippen LogP contribution in [0.5, 0.6) is 11.5 Å². The molecule has 13 rings (SSSR count). The molecule has 6 heteroatoms. The molecule has 9 aromatic carbocycles. The Hall–Kier alpha value is -8.35. The topological polar surface area (TPSA) is 46.2 Å². The van der Waals surface area contributed by atoms with Gasteiger partial charge in [0.2, 0.25) is 0 Å². The number of ether oxygens (including phenoxy) is 1. The van der Waals surface area contributed by atoms with Crippen LogP contribution in [0.1, 0.15) is 31.9 Å². The van der Waals surface area contributed by atoms with Crippen molar-refractivity contribution in [3.05, 3.63) is 205 Å². The maximum Gasteiger partial charge on any atom is 0.146 e. The second kappa shape index (κ2) is 14.8. The van der Waals surface area contributed by atoms with Gasteiger partial charge in [0.05, 0.1) is 33.6 Å². The smallest absolute Gasteiger partial charge is 0.146 e. The maximum absolute atomic E-state index is 7.11. The highest BCUT2D eigenvalue weighted by Crippen LogP contribution is 2.51. The van der Waals surface area contributed by atoms with Crippen LogP contribution in [0.2, 0.25) is 0 Å². The molecular formula is C61H46N4O2. The number of imidazole rings is 1. The fraction of sp³-hybridized carbons (Fsp3) is 0.0984. The highest BCUT2D eigenvalue weighted by molar-refractivity contribution is 6.20. The standard InChI is InChI=1S/C61H46N4O2/c1-38-30-43(34-50-58(38)49-36-57-48(47-22-11-16-29-56(47)67-57)35-55(49)65-52-26-13-12-25-51(52)62-60(50)65)66-44-32-41(61(2,3)4)31-42(33-44)63-37-64(54-28-15-14-27-53(54)63)59-45(39-18-7-5-8-19-39)23-17-24-46(59)40-20-9-6-10-21-40/h5-36H,37H2,1-4H3. The van der Waals surface area contributed by atoms with Crippen LogP contribution in [0.15, 0.2) is 199 Å². The highest BCUT2D eigenvalue weighted by Gasteiger charge is 2.32. The lowest BCUT2D eigenvalue weighted by Gasteiger charge is -2.28. The molecule has 0 radical (unpaired) electrons. The van der Waals surface area contributed by atoms with E-state index in [0.717, 1.165) is 94.4 Å². The SMILES string of the molecule is Cc1cc(Oc2cc(N3CN(c4c(-c5ccccc5)cccc4-c4ccccc4)c4ccccc43)cc(C(C)(C)C)c2)cc2c1c1cc3oc4ccccc4c3cc1n1c3ccccc3nc21. The van der Waals surface area contributed by atoms with Crippen molar-refractivity contribution in [3.8, 4) is 33.8 Å². The fourth-order valence-electron chi connectivity index (χ4n) is 10.5. The summed E-state index contributed by atoms with van der Waals surface area (Å²) in [5.74, 6) is 1.54. The van der Waals surface area contributed by atoms with Gasteiger partial charge >= 0.3 is 0 Å². The third kappa shape index (κ3) is 6.28. The largest absolute Gasteiger partial charge is 0.457 e. The third-order valence-electron chi connectivity index (χ3n) is 13.6. The second-order valence-corrected chi connectivity index (χ2v) is 18.9. The quantitative estimate of drug-likeness (QED) is 0.156. The summed E-state index contributed by atoms with van der Waals surface area (Å²) in [6, 6.07) is 69.2. The Morgan fingerprint density at radius 2 is 1.18 bits per heavy atom. The number of aryl methyl sites for hydroxylation is 1. The van der Waals surface area contributed by atoms with Crippen molar-refractivity contribution in [2.75, 3.05) is 16.5 Å². The van der Waals surface area contributed by atoms with Crippen LogP contribution in [0, 0.1) is 6.92 Å². The number of anilines is 4. The average Bonchev–Trinajstić information content (AvgIpc) is 4.05. The maximum atomic E-state index is 7.11. The van der Waals surface area contributed by atoms with Crippen molar-refractivity contribution < 1.29 is 9.15 Å². The molecule has 0 spiro atoms. The highest BCUT2D eigenvalue weighted by atomic mass is 16.5. The number of hydrogen-bond acceptors (Lipinski definition) is 5. The van der Waals surface area contributed by atoms with Gasteiger partial charge in [0.25, 0.3) is 0 Å². The van der Waals surface area contributed by atoms with E-state index in [1.54, 1.807) is 0 Å². The summed E-state index contributed by atoms with van der Waals surface area (Å²) in [4.78, 5) is 10.2. The molecular weight excluding hydrogens is 821 g/mol. The molecule has 1 aliphatic heterocycles. The van der Waals surface area contributed by atoms with Gasteiger partial charge in [-0.2, -0.15) is 0 Å². The fourth-order valence-corrected chi connectivity index (χ4v) is 10.5. The summed E-state index contributed by atoms with van der Waals surface area (Å²) in [5.41, 5.74) is 17.1. The van der Waals surface area contributed by atoms with Crippen LogP contribution in [-0.2, 0) is 5.41 Å². The van der Waals surface area contributed by atoms with E-state index in [1.165, 1.54) is 33.5 Å². The van der Waals surface area contributed by atoms with Crippen LogP contribution in [0.25, 0.3) is 82.5 Å². The van der Waals surface area contributed by atoms with Gasteiger partial charge in [0.15, 0.2) is 0 Å². The van der Waals surface area contributed by atoms with Crippen molar-refractivity contribution >= 4 is 83.0 Å². The number of rotatable bonds is 6. The van der Waals surface area contributed by atoms with Crippen molar-refractivity contribution in [1.29, 1.82) is 0 Å². The summed E-state index contributed by atoms with van der Waals surface area (Å²) in [7, 11) is 0. The average molecular weight is 867 g/mol. The zero-order valence-electron chi connectivity index (χ0n) is 37.8. The lowest BCUT2D eigenvalue weighted by molar-refractivity contribution is 0.479. The van der Waals surface area contributed by atoms with Crippen molar-refractivity contribution in [2.24, 2.45) is 0 Å². The molecule has 322 valence electrons. The molecule has 0 saturated heterocycles. The van der Waals surface area contributed by atoms with Gasteiger partial charge in [-0.05, 0) is 107 Å². The molecule has 0 saturated carbocycles. The van der Waals surface area contributed by atoms with E-state index in [1.807, 2.05) is 12.1 Å². The number of para-hydroxylation sites is 6. The summed E-state index contributed by atoms with van der Waals surface area (Å²) in [5, 5.41) is 5.47. The van der Waals surface area contributed by atoms with Crippen molar-refractivity contribution in [2.45, 2.75) is 33.1 Å². The van der Waals surface area contributed by atoms with Gasteiger partial charge < -0.3 is 19.0 Å². The van der Waals surface area contributed by atoms with E-state index in [4.69, 9.17) is 14.1 Å². The Morgan fingerprint density at radius 3 is 1.93 bits per heavy atom. The Morgan fingerprint density at radius 1 is 0.522 bits per heavy atom. The van der Waals surface area contributed by atoms with E-state index in [0.29, 0.717) is 6.67 Å². The van der Waals surface area contributed by atoms with Gasteiger partial charge in [0, 0.05) is 44.4 Å². The van der Waals surface area contributed by atoms with Crippen LogP contribution >= 0.6 is 0 Å². The minimum atomic E-state index is -0.157. The van der Waals surface area contributed by atoms with Crippen LogP contribution in [-0.4, -0.2) is 16.1 Å². The summed E-state index contributed by atoms with van der Waals surface area (Å²) < 4.78 is 15.9. The van der Waals surface area contributed by atoms with E-state index in [2.05, 4.69) is 224 Å². The van der Waals surface area contributed by atoms with E-state index in [-0.39, 0.29) is 5.41 Å². The molecule has 3 aromatic heterocycles. The summed E-state index contributed by atoms with van der Waals surface area (Å²) in [6.07, 6.45) is 0. The second-order valence-electron chi connectivity index (χ2n) is 18.9. The minimum Gasteiger partial charge on any atom is -0.457 e. The van der Waals surface area contributed by atoms with Gasteiger partial charge in [-0.15, -0.1) is 0 Å². The molecule has 12 aromatic rings. The number of nitrogens with zero attached hydrogens (tertiary/aromatic N) is 4. The number of aromatic nitrogens is 2. The number of pyridine rings is 1. The van der Waals surface area contributed by atoms with Crippen LogP contribution < -0.4 is 14.5 Å². The Labute approximate surface area is 388 Å². The molecule has 0 atom stereocenters. The monoisotopic (exact) mass is 866 g/mol. The van der Waals surface area contributed by atoms with Crippen LogP contribution in [0.4, 0.5) is 22.7 Å². The van der Waals surface area contributed by atoms with Crippen molar-refractivity contribution in [1.82, 2.24) is 9.38 Å². The van der Waals surface area contributed by atoms with Gasteiger partial charge in [-0.1, -0.05) is 142 Å². The molecule has 0 fully saturated rings. The Bertz CT molecular complexity index is 3880.